The molecule has 28 heavy (non-hydrogen) atoms. The molecule has 0 saturated carbocycles. The Hall–Kier alpha value is -3.08. The Kier molecular flexibility index (Phi) is 4.67. The molecule has 5 heteroatoms. The van der Waals surface area contributed by atoms with Gasteiger partial charge in [0.15, 0.2) is 0 Å². The molecule has 2 heterocycles. The SMILES string of the molecule is CC(C)Cn1ccc2c(NC(=O)C(C)N3Cc4ccccc4C3=O)cccc21. The molecular weight excluding hydrogens is 350 g/mol. The van der Waals surface area contributed by atoms with Crippen LogP contribution in [0.3, 0.4) is 0 Å². The zero-order valence-electron chi connectivity index (χ0n) is 16.5. The number of nitrogens with one attached hydrogen (secondary N) is 1. The minimum absolute atomic E-state index is 0.0838. The molecule has 0 spiro atoms. The van der Waals surface area contributed by atoms with Gasteiger partial charge in [0, 0.05) is 30.2 Å². The van der Waals surface area contributed by atoms with Crippen LogP contribution in [0.2, 0.25) is 0 Å². The minimum Gasteiger partial charge on any atom is -0.347 e. The molecule has 1 unspecified atom stereocenters. The Labute approximate surface area is 165 Å². The molecule has 3 aromatic rings. The monoisotopic (exact) mass is 375 g/mol. The van der Waals surface area contributed by atoms with Crippen molar-refractivity contribution in [3.63, 3.8) is 0 Å². The number of amides is 2. The third-order valence-corrected chi connectivity index (χ3v) is 5.33. The standard InChI is InChI=1S/C23H25N3O2/c1-15(2)13-25-12-11-19-20(9-6-10-21(19)25)24-22(27)16(3)26-14-17-7-4-5-8-18(17)23(26)28/h4-12,15-16H,13-14H2,1-3H3,(H,24,27). The first-order valence-electron chi connectivity index (χ1n) is 9.73. The molecule has 4 rings (SSSR count). The van der Waals surface area contributed by atoms with Crippen molar-refractivity contribution in [2.24, 2.45) is 5.92 Å². The molecule has 0 bridgehead atoms. The highest BCUT2D eigenvalue weighted by atomic mass is 16.2. The Balaban J connectivity index is 1.54. The van der Waals surface area contributed by atoms with Gasteiger partial charge < -0.3 is 14.8 Å². The fraction of sp³-hybridized carbons (Fsp3) is 0.304. The number of rotatable bonds is 5. The summed E-state index contributed by atoms with van der Waals surface area (Å²) in [6.45, 7) is 7.55. The van der Waals surface area contributed by atoms with E-state index in [0.29, 0.717) is 18.0 Å². The highest BCUT2D eigenvalue weighted by Crippen LogP contribution is 2.27. The average Bonchev–Trinajstić information content (AvgIpc) is 3.23. The molecule has 0 fully saturated rings. The fourth-order valence-corrected chi connectivity index (χ4v) is 3.85. The van der Waals surface area contributed by atoms with Crippen LogP contribution in [0.1, 0.15) is 36.7 Å². The maximum absolute atomic E-state index is 12.9. The van der Waals surface area contributed by atoms with Gasteiger partial charge in [-0.1, -0.05) is 38.1 Å². The van der Waals surface area contributed by atoms with Crippen molar-refractivity contribution in [2.45, 2.75) is 39.9 Å². The van der Waals surface area contributed by atoms with E-state index in [4.69, 9.17) is 0 Å². The molecule has 0 radical (unpaired) electrons. The number of fused-ring (bicyclic) bond motifs is 2. The molecule has 1 aliphatic rings. The van der Waals surface area contributed by atoms with E-state index in [0.717, 1.165) is 28.7 Å². The molecule has 1 atom stereocenters. The van der Waals surface area contributed by atoms with Crippen LogP contribution in [0.4, 0.5) is 5.69 Å². The first-order chi connectivity index (χ1) is 13.5. The summed E-state index contributed by atoms with van der Waals surface area (Å²) in [5, 5.41) is 4.04. The molecule has 1 N–H and O–H groups in total. The summed E-state index contributed by atoms with van der Waals surface area (Å²) >= 11 is 0. The molecule has 1 aliphatic heterocycles. The van der Waals surface area contributed by atoms with Crippen molar-refractivity contribution in [3.05, 3.63) is 65.9 Å². The van der Waals surface area contributed by atoms with Gasteiger partial charge in [-0.05, 0) is 42.7 Å². The summed E-state index contributed by atoms with van der Waals surface area (Å²) in [7, 11) is 0. The van der Waals surface area contributed by atoms with Crippen molar-refractivity contribution < 1.29 is 9.59 Å². The number of hydrogen-bond donors (Lipinski definition) is 1. The number of anilines is 1. The van der Waals surface area contributed by atoms with E-state index < -0.39 is 6.04 Å². The Morgan fingerprint density at radius 2 is 1.86 bits per heavy atom. The van der Waals surface area contributed by atoms with Gasteiger partial charge in [0.2, 0.25) is 5.91 Å². The van der Waals surface area contributed by atoms with E-state index in [9.17, 15) is 9.59 Å². The van der Waals surface area contributed by atoms with E-state index in [-0.39, 0.29) is 11.8 Å². The van der Waals surface area contributed by atoms with Gasteiger partial charge in [0.05, 0.1) is 11.2 Å². The van der Waals surface area contributed by atoms with Gasteiger partial charge >= 0.3 is 0 Å². The van der Waals surface area contributed by atoms with Crippen LogP contribution in [-0.2, 0) is 17.9 Å². The molecule has 5 nitrogen and oxygen atoms in total. The van der Waals surface area contributed by atoms with Crippen LogP contribution in [0.5, 0.6) is 0 Å². The van der Waals surface area contributed by atoms with Gasteiger partial charge in [-0.3, -0.25) is 9.59 Å². The lowest BCUT2D eigenvalue weighted by Crippen LogP contribution is -2.42. The minimum atomic E-state index is -0.548. The van der Waals surface area contributed by atoms with E-state index in [1.54, 1.807) is 11.8 Å². The van der Waals surface area contributed by atoms with E-state index >= 15 is 0 Å². The second-order valence-electron chi connectivity index (χ2n) is 7.86. The summed E-state index contributed by atoms with van der Waals surface area (Å²) < 4.78 is 2.21. The number of hydrogen-bond acceptors (Lipinski definition) is 2. The topological polar surface area (TPSA) is 54.3 Å². The van der Waals surface area contributed by atoms with Gasteiger partial charge in [-0.15, -0.1) is 0 Å². The second kappa shape index (κ2) is 7.15. The molecular formula is C23H25N3O2. The van der Waals surface area contributed by atoms with Crippen molar-refractivity contribution in [2.75, 3.05) is 5.32 Å². The van der Waals surface area contributed by atoms with Crippen LogP contribution in [0.25, 0.3) is 10.9 Å². The maximum atomic E-state index is 12.9. The number of aromatic nitrogens is 1. The van der Waals surface area contributed by atoms with Crippen LogP contribution in [-0.4, -0.2) is 27.3 Å². The van der Waals surface area contributed by atoms with Gasteiger partial charge in [0.25, 0.3) is 5.91 Å². The Morgan fingerprint density at radius 1 is 1.07 bits per heavy atom. The Morgan fingerprint density at radius 3 is 2.61 bits per heavy atom. The van der Waals surface area contributed by atoms with Crippen molar-refractivity contribution in [1.29, 1.82) is 0 Å². The summed E-state index contributed by atoms with van der Waals surface area (Å²) in [6.07, 6.45) is 2.06. The first-order valence-corrected chi connectivity index (χ1v) is 9.73. The quantitative estimate of drug-likeness (QED) is 0.724. The lowest BCUT2D eigenvalue weighted by molar-refractivity contribution is -0.120. The number of benzene rings is 2. The van der Waals surface area contributed by atoms with Crippen LogP contribution in [0.15, 0.2) is 54.7 Å². The Bertz CT molecular complexity index is 1050. The first kappa shape index (κ1) is 18.3. The highest BCUT2D eigenvalue weighted by Gasteiger charge is 2.33. The lowest BCUT2D eigenvalue weighted by atomic mass is 10.1. The normalized spacial score (nSPS) is 14.6. The molecule has 2 amide bonds. The smallest absolute Gasteiger partial charge is 0.255 e. The van der Waals surface area contributed by atoms with Crippen molar-refractivity contribution in [3.8, 4) is 0 Å². The summed E-state index contributed by atoms with van der Waals surface area (Å²) in [6, 6.07) is 15.0. The van der Waals surface area contributed by atoms with Crippen molar-refractivity contribution >= 4 is 28.4 Å². The molecule has 0 saturated heterocycles. The van der Waals surface area contributed by atoms with Crippen LogP contribution >= 0.6 is 0 Å². The second-order valence-corrected chi connectivity index (χ2v) is 7.86. The van der Waals surface area contributed by atoms with E-state index in [2.05, 4.69) is 36.0 Å². The number of carbonyl (C=O) groups excluding carboxylic acids is 2. The third kappa shape index (κ3) is 3.17. The van der Waals surface area contributed by atoms with Gasteiger partial charge in [-0.25, -0.2) is 0 Å². The van der Waals surface area contributed by atoms with Gasteiger partial charge in [-0.2, -0.15) is 0 Å². The maximum Gasteiger partial charge on any atom is 0.255 e. The van der Waals surface area contributed by atoms with Crippen LogP contribution in [0, 0.1) is 5.92 Å². The summed E-state index contributed by atoms with van der Waals surface area (Å²) in [4.78, 5) is 27.2. The fourth-order valence-electron chi connectivity index (χ4n) is 3.85. The average molecular weight is 375 g/mol. The van der Waals surface area contributed by atoms with E-state index in [1.165, 1.54) is 0 Å². The zero-order chi connectivity index (χ0) is 19.8. The van der Waals surface area contributed by atoms with Crippen LogP contribution < -0.4 is 5.32 Å². The number of carbonyl (C=O) groups is 2. The molecule has 2 aromatic carbocycles. The summed E-state index contributed by atoms with van der Waals surface area (Å²) in [5.74, 6) is 0.279. The van der Waals surface area contributed by atoms with E-state index in [1.807, 2.05) is 42.5 Å². The lowest BCUT2D eigenvalue weighted by Gasteiger charge is -2.23. The van der Waals surface area contributed by atoms with Crippen molar-refractivity contribution in [1.82, 2.24) is 9.47 Å². The zero-order valence-corrected chi connectivity index (χ0v) is 16.5. The molecule has 0 aliphatic carbocycles. The third-order valence-electron chi connectivity index (χ3n) is 5.33. The molecule has 144 valence electrons. The largest absolute Gasteiger partial charge is 0.347 e. The number of nitrogens with zero attached hydrogens (tertiary/aromatic N) is 2. The van der Waals surface area contributed by atoms with Gasteiger partial charge in [0.1, 0.15) is 6.04 Å². The predicted octanol–water partition coefficient (Wildman–Crippen LogP) is 4.28. The summed E-state index contributed by atoms with van der Waals surface area (Å²) in [5.41, 5.74) is 3.54. The molecule has 1 aromatic heterocycles. The predicted molar refractivity (Wildman–Crippen MR) is 111 cm³/mol. The highest BCUT2D eigenvalue weighted by molar-refractivity contribution is 6.06.